The van der Waals surface area contributed by atoms with Gasteiger partial charge in [-0.3, -0.25) is 14.4 Å². The highest BCUT2D eigenvalue weighted by atomic mass is 16.3. The lowest BCUT2D eigenvalue weighted by Gasteiger charge is -2.54. The lowest BCUT2D eigenvalue weighted by molar-refractivity contribution is -0.172. The molecule has 1 aromatic rings. The van der Waals surface area contributed by atoms with Crippen LogP contribution in [0.4, 0.5) is 0 Å². The molecule has 1 unspecified atom stereocenters. The Morgan fingerprint density at radius 3 is 2.50 bits per heavy atom. The Morgan fingerprint density at radius 2 is 1.93 bits per heavy atom. The van der Waals surface area contributed by atoms with E-state index in [9.17, 15) is 14.4 Å². The molecule has 2 fully saturated rings. The second kappa shape index (κ2) is 9.20. The number of hydrogen-bond donors (Lipinski definition) is 1. The highest BCUT2D eigenvalue weighted by molar-refractivity contribution is 5.96. The van der Waals surface area contributed by atoms with E-state index in [0.29, 0.717) is 25.6 Å². The molecule has 0 aliphatic carbocycles. The Bertz CT molecular complexity index is 761. The van der Waals surface area contributed by atoms with Gasteiger partial charge < -0.3 is 24.4 Å². The number of amides is 3. The van der Waals surface area contributed by atoms with Gasteiger partial charge in [0.25, 0.3) is 5.91 Å². The van der Waals surface area contributed by atoms with Crippen molar-refractivity contribution in [2.75, 3.05) is 26.2 Å². The minimum atomic E-state index is -0.585. The molecule has 8 heteroatoms. The number of rotatable bonds is 7. The molecule has 3 atom stereocenters. The zero-order valence-corrected chi connectivity index (χ0v) is 18.6. The van der Waals surface area contributed by atoms with Gasteiger partial charge in [0.05, 0.1) is 12.8 Å². The predicted octanol–water partition coefficient (Wildman–Crippen LogP) is 1.78. The minimum Gasteiger partial charge on any atom is -0.459 e. The summed E-state index contributed by atoms with van der Waals surface area (Å²) in [4.78, 5) is 45.1. The molecule has 3 rings (SSSR count). The number of furan rings is 1. The smallest absolute Gasteiger partial charge is 0.291 e. The molecule has 1 aromatic heterocycles. The van der Waals surface area contributed by atoms with Gasteiger partial charge in [-0.1, -0.05) is 34.6 Å². The van der Waals surface area contributed by atoms with Gasteiger partial charge in [0.1, 0.15) is 18.2 Å². The van der Waals surface area contributed by atoms with Crippen molar-refractivity contribution in [3.63, 3.8) is 0 Å². The van der Waals surface area contributed by atoms with E-state index in [1.807, 2.05) is 20.8 Å². The molecule has 0 bridgehead atoms. The SMILES string of the molecule is CCCN1CC2N(C(=O)c3ccco3)C[C@H](NCC(C)C)C(=O)N2[C@@H](C(C)C)C1=O. The summed E-state index contributed by atoms with van der Waals surface area (Å²) in [6.45, 7) is 11.9. The Morgan fingerprint density at radius 1 is 1.20 bits per heavy atom. The van der Waals surface area contributed by atoms with Crippen LogP contribution in [0, 0.1) is 11.8 Å². The lowest BCUT2D eigenvalue weighted by Crippen LogP contribution is -2.76. The summed E-state index contributed by atoms with van der Waals surface area (Å²) in [7, 11) is 0. The summed E-state index contributed by atoms with van der Waals surface area (Å²) in [6.07, 6.45) is 1.80. The standard InChI is InChI=1S/C22H34N4O4/c1-6-9-24-13-18-25(21(28)17-8-7-10-30-17)12-16(23-11-14(2)3)20(27)26(18)19(15(4)5)22(24)29/h7-8,10,14-16,18-19,23H,6,9,11-13H2,1-5H3/t16-,18?,19-/m0/s1. The fraction of sp³-hybridized carbons (Fsp3) is 0.682. The van der Waals surface area contributed by atoms with Crippen LogP contribution in [0.3, 0.4) is 0 Å². The van der Waals surface area contributed by atoms with Gasteiger partial charge in [0.15, 0.2) is 5.76 Å². The van der Waals surface area contributed by atoms with Gasteiger partial charge in [-0.2, -0.15) is 0 Å². The summed E-state index contributed by atoms with van der Waals surface area (Å²) >= 11 is 0. The van der Waals surface area contributed by atoms with E-state index >= 15 is 0 Å². The number of piperazine rings is 1. The zero-order chi connectivity index (χ0) is 22.0. The molecule has 0 aromatic carbocycles. The van der Waals surface area contributed by atoms with Crippen LogP contribution in [-0.2, 0) is 9.59 Å². The largest absolute Gasteiger partial charge is 0.459 e. The van der Waals surface area contributed by atoms with Crippen LogP contribution in [0.2, 0.25) is 0 Å². The first-order valence-corrected chi connectivity index (χ1v) is 10.9. The minimum absolute atomic E-state index is 0.0358. The maximum Gasteiger partial charge on any atom is 0.291 e. The van der Waals surface area contributed by atoms with E-state index in [-0.39, 0.29) is 35.9 Å². The number of hydrogen-bond acceptors (Lipinski definition) is 5. The first-order valence-electron chi connectivity index (χ1n) is 10.9. The molecule has 2 saturated heterocycles. The average Bonchev–Trinajstić information content (AvgIpc) is 3.22. The molecule has 30 heavy (non-hydrogen) atoms. The first kappa shape index (κ1) is 22.3. The summed E-state index contributed by atoms with van der Waals surface area (Å²) in [5.41, 5.74) is 0. The monoisotopic (exact) mass is 418 g/mol. The van der Waals surface area contributed by atoms with Crippen molar-refractivity contribution in [3.05, 3.63) is 24.2 Å². The maximum atomic E-state index is 13.5. The topological polar surface area (TPSA) is 86.1 Å². The van der Waals surface area contributed by atoms with Crippen LogP contribution in [0.25, 0.3) is 0 Å². The highest BCUT2D eigenvalue weighted by Crippen LogP contribution is 2.30. The number of carbonyl (C=O) groups excluding carboxylic acids is 3. The van der Waals surface area contributed by atoms with Crippen LogP contribution in [-0.4, -0.2) is 76.8 Å². The average molecular weight is 419 g/mol. The van der Waals surface area contributed by atoms with Gasteiger partial charge in [0, 0.05) is 13.1 Å². The Kier molecular flexibility index (Phi) is 6.85. The molecule has 0 saturated carbocycles. The summed E-state index contributed by atoms with van der Waals surface area (Å²) in [6, 6.07) is 2.18. The van der Waals surface area contributed by atoms with Crippen LogP contribution >= 0.6 is 0 Å². The van der Waals surface area contributed by atoms with Gasteiger partial charge in [-0.15, -0.1) is 0 Å². The molecule has 0 spiro atoms. The first-order chi connectivity index (χ1) is 14.3. The predicted molar refractivity (Wildman–Crippen MR) is 113 cm³/mol. The summed E-state index contributed by atoms with van der Waals surface area (Å²) in [5.74, 6) is 0.138. The maximum absolute atomic E-state index is 13.5. The Hall–Kier alpha value is -2.35. The second-order valence-corrected chi connectivity index (χ2v) is 8.99. The van der Waals surface area contributed by atoms with Gasteiger partial charge in [0.2, 0.25) is 11.8 Å². The number of fused-ring (bicyclic) bond motifs is 1. The third-order valence-electron chi connectivity index (χ3n) is 5.75. The van der Waals surface area contributed by atoms with Crippen LogP contribution in [0.15, 0.2) is 22.8 Å². The molecule has 3 heterocycles. The van der Waals surface area contributed by atoms with Gasteiger partial charge in [-0.25, -0.2) is 0 Å². The lowest BCUT2D eigenvalue weighted by atomic mass is 9.93. The number of carbonyl (C=O) groups is 3. The van der Waals surface area contributed by atoms with Crippen molar-refractivity contribution < 1.29 is 18.8 Å². The van der Waals surface area contributed by atoms with Crippen LogP contribution < -0.4 is 5.32 Å². The van der Waals surface area contributed by atoms with Crippen molar-refractivity contribution in [3.8, 4) is 0 Å². The van der Waals surface area contributed by atoms with Crippen molar-refractivity contribution in [2.45, 2.75) is 59.3 Å². The van der Waals surface area contributed by atoms with E-state index in [1.165, 1.54) is 6.26 Å². The molecule has 2 aliphatic rings. The van der Waals surface area contributed by atoms with Crippen molar-refractivity contribution in [1.82, 2.24) is 20.0 Å². The van der Waals surface area contributed by atoms with Crippen LogP contribution in [0.1, 0.15) is 51.6 Å². The molecule has 8 nitrogen and oxygen atoms in total. The van der Waals surface area contributed by atoms with E-state index in [2.05, 4.69) is 19.2 Å². The van der Waals surface area contributed by atoms with Crippen molar-refractivity contribution in [1.29, 1.82) is 0 Å². The Labute approximate surface area is 178 Å². The molecule has 0 radical (unpaired) electrons. The van der Waals surface area contributed by atoms with E-state index in [4.69, 9.17) is 4.42 Å². The van der Waals surface area contributed by atoms with E-state index in [0.717, 1.165) is 6.42 Å². The summed E-state index contributed by atoms with van der Waals surface area (Å²) in [5, 5.41) is 3.30. The van der Waals surface area contributed by atoms with Gasteiger partial charge >= 0.3 is 0 Å². The number of nitrogens with zero attached hydrogens (tertiary/aromatic N) is 3. The molecule has 1 N–H and O–H groups in total. The molecular weight excluding hydrogens is 384 g/mol. The molecule has 3 amide bonds. The fourth-order valence-electron chi connectivity index (χ4n) is 4.34. The fourth-order valence-corrected chi connectivity index (χ4v) is 4.34. The van der Waals surface area contributed by atoms with Crippen LogP contribution in [0.5, 0.6) is 0 Å². The van der Waals surface area contributed by atoms with Crippen molar-refractivity contribution >= 4 is 17.7 Å². The number of nitrogens with one attached hydrogen (secondary N) is 1. The summed E-state index contributed by atoms with van der Waals surface area (Å²) < 4.78 is 5.36. The Balaban J connectivity index is 1.99. The molecule has 2 aliphatic heterocycles. The van der Waals surface area contributed by atoms with Crippen molar-refractivity contribution in [2.24, 2.45) is 11.8 Å². The third-order valence-corrected chi connectivity index (χ3v) is 5.75. The molecule has 166 valence electrons. The normalized spacial score (nSPS) is 24.8. The second-order valence-electron chi connectivity index (χ2n) is 8.99. The van der Waals surface area contributed by atoms with E-state index < -0.39 is 18.2 Å². The third kappa shape index (κ3) is 4.24. The quantitative estimate of drug-likeness (QED) is 0.730. The van der Waals surface area contributed by atoms with Gasteiger partial charge in [-0.05, 0) is 36.9 Å². The zero-order valence-electron chi connectivity index (χ0n) is 18.6. The van der Waals surface area contributed by atoms with E-state index in [1.54, 1.807) is 26.8 Å². The molecular formula is C22H34N4O4. The highest BCUT2D eigenvalue weighted by Gasteiger charge is 2.52.